The first-order valence-corrected chi connectivity index (χ1v) is 10.6. The van der Waals surface area contributed by atoms with Crippen LogP contribution in [0.2, 0.25) is 0 Å². The number of fused-ring (bicyclic) bond motifs is 1. The fourth-order valence-electron chi connectivity index (χ4n) is 3.19. The number of ether oxygens (including phenoxy) is 3. The van der Waals surface area contributed by atoms with E-state index >= 15 is 0 Å². The molecule has 32 heavy (non-hydrogen) atoms. The fourth-order valence-corrected chi connectivity index (χ4v) is 3.88. The largest absolute Gasteiger partial charge is 0.497 e. The monoisotopic (exact) mass is 448 g/mol. The molecule has 4 aromatic rings. The summed E-state index contributed by atoms with van der Waals surface area (Å²) < 4.78 is 15.7. The van der Waals surface area contributed by atoms with Crippen LogP contribution in [0.1, 0.15) is 10.4 Å². The first kappa shape index (κ1) is 21.3. The first-order chi connectivity index (χ1) is 15.6. The summed E-state index contributed by atoms with van der Waals surface area (Å²) in [5, 5.41) is 5.29. The number of esters is 1. The summed E-state index contributed by atoms with van der Waals surface area (Å²) in [6.07, 6.45) is 0. The van der Waals surface area contributed by atoms with Gasteiger partial charge in [0, 0.05) is 11.5 Å². The molecule has 1 amide bonds. The van der Waals surface area contributed by atoms with Gasteiger partial charge in [-0.05, 0) is 35.7 Å². The Labute approximate surface area is 188 Å². The van der Waals surface area contributed by atoms with E-state index in [1.165, 1.54) is 18.4 Å². The summed E-state index contributed by atoms with van der Waals surface area (Å²) in [4.78, 5) is 30.9. The van der Waals surface area contributed by atoms with Gasteiger partial charge in [-0.2, -0.15) is 0 Å². The van der Waals surface area contributed by atoms with Crippen LogP contribution in [-0.4, -0.2) is 37.7 Å². The molecule has 0 saturated carbocycles. The van der Waals surface area contributed by atoms with Crippen LogP contribution < -0.4 is 14.8 Å². The highest BCUT2D eigenvalue weighted by Crippen LogP contribution is 2.30. The molecule has 4 rings (SSSR count). The molecular formula is C24H20N2O5S. The van der Waals surface area contributed by atoms with Gasteiger partial charge in [0.25, 0.3) is 5.91 Å². The molecule has 7 nitrogen and oxygen atoms in total. The molecule has 2 aromatic carbocycles. The van der Waals surface area contributed by atoms with Crippen molar-refractivity contribution >= 4 is 39.8 Å². The summed E-state index contributed by atoms with van der Waals surface area (Å²) in [7, 11) is 3.03. The van der Waals surface area contributed by atoms with Crippen LogP contribution in [0.3, 0.4) is 0 Å². The van der Waals surface area contributed by atoms with E-state index < -0.39 is 18.5 Å². The highest BCUT2D eigenvalue weighted by atomic mass is 32.1. The maximum absolute atomic E-state index is 12.9. The zero-order valence-electron chi connectivity index (χ0n) is 17.5. The summed E-state index contributed by atoms with van der Waals surface area (Å²) in [5.41, 5.74) is 2.16. The van der Waals surface area contributed by atoms with Crippen molar-refractivity contribution < 1.29 is 23.8 Å². The fraction of sp³-hybridized carbons (Fsp3) is 0.125. The quantitative estimate of drug-likeness (QED) is 0.410. The molecule has 0 bridgehead atoms. The molecule has 0 aliphatic rings. The third kappa shape index (κ3) is 4.55. The number of nitrogens with zero attached hydrogens (tertiary/aromatic N) is 1. The third-order valence-corrected chi connectivity index (χ3v) is 5.62. The zero-order valence-corrected chi connectivity index (χ0v) is 18.3. The van der Waals surface area contributed by atoms with Gasteiger partial charge in [-0.1, -0.05) is 24.3 Å². The molecule has 2 heterocycles. The smallest absolute Gasteiger partial charge is 0.339 e. The van der Waals surface area contributed by atoms with E-state index in [1.807, 2.05) is 35.7 Å². The number of aromatic nitrogens is 1. The Morgan fingerprint density at radius 1 is 1.00 bits per heavy atom. The van der Waals surface area contributed by atoms with Gasteiger partial charge in [0.2, 0.25) is 0 Å². The topological polar surface area (TPSA) is 86.8 Å². The lowest BCUT2D eigenvalue weighted by Crippen LogP contribution is -2.21. The third-order valence-electron chi connectivity index (χ3n) is 4.73. The van der Waals surface area contributed by atoms with Crippen molar-refractivity contribution in [1.29, 1.82) is 0 Å². The number of thiophene rings is 1. The molecule has 0 saturated heterocycles. The van der Waals surface area contributed by atoms with Gasteiger partial charge >= 0.3 is 5.97 Å². The SMILES string of the molecule is COc1ccc(NC(=O)COC(=O)c2cc(-c3cccs3)nc3ccccc23)c(OC)c1. The van der Waals surface area contributed by atoms with Crippen LogP contribution in [0.5, 0.6) is 11.5 Å². The number of pyridine rings is 1. The number of para-hydroxylation sites is 1. The molecule has 0 aliphatic carbocycles. The Balaban J connectivity index is 1.51. The van der Waals surface area contributed by atoms with Crippen molar-refractivity contribution in [2.24, 2.45) is 0 Å². The number of carbonyl (C=O) groups is 2. The maximum Gasteiger partial charge on any atom is 0.339 e. The van der Waals surface area contributed by atoms with Crippen LogP contribution in [0.4, 0.5) is 5.69 Å². The van der Waals surface area contributed by atoms with Crippen molar-refractivity contribution in [2.45, 2.75) is 0 Å². The number of hydrogen-bond acceptors (Lipinski definition) is 7. The lowest BCUT2D eigenvalue weighted by atomic mass is 10.1. The van der Waals surface area contributed by atoms with Crippen molar-refractivity contribution in [3.8, 4) is 22.1 Å². The molecule has 162 valence electrons. The number of rotatable bonds is 7. The van der Waals surface area contributed by atoms with Crippen molar-refractivity contribution in [2.75, 3.05) is 26.1 Å². The van der Waals surface area contributed by atoms with E-state index in [9.17, 15) is 9.59 Å². The van der Waals surface area contributed by atoms with E-state index in [1.54, 1.807) is 37.4 Å². The molecule has 2 aromatic heterocycles. The van der Waals surface area contributed by atoms with Crippen molar-refractivity contribution in [3.05, 3.63) is 71.6 Å². The Hall–Kier alpha value is -3.91. The molecule has 0 unspecified atom stereocenters. The molecule has 0 spiro atoms. The second-order valence-electron chi connectivity index (χ2n) is 6.74. The summed E-state index contributed by atoms with van der Waals surface area (Å²) in [6.45, 7) is -0.445. The predicted molar refractivity (Wildman–Crippen MR) is 124 cm³/mol. The highest BCUT2D eigenvalue weighted by molar-refractivity contribution is 7.13. The minimum absolute atomic E-state index is 0.355. The second-order valence-corrected chi connectivity index (χ2v) is 7.69. The Kier molecular flexibility index (Phi) is 6.32. The van der Waals surface area contributed by atoms with Crippen molar-refractivity contribution in [1.82, 2.24) is 4.98 Å². The molecule has 0 aliphatic heterocycles. The highest BCUT2D eigenvalue weighted by Gasteiger charge is 2.17. The maximum atomic E-state index is 12.9. The normalized spacial score (nSPS) is 10.6. The number of nitrogens with one attached hydrogen (secondary N) is 1. The Morgan fingerprint density at radius 2 is 1.84 bits per heavy atom. The summed E-state index contributed by atoms with van der Waals surface area (Å²) in [5.74, 6) is -0.0564. The molecular weight excluding hydrogens is 428 g/mol. The molecule has 0 fully saturated rings. The van der Waals surface area contributed by atoms with Crippen molar-refractivity contribution in [3.63, 3.8) is 0 Å². The summed E-state index contributed by atoms with van der Waals surface area (Å²) in [6, 6.07) is 17.9. The summed E-state index contributed by atoms with van der Waals surface area (Å²) >= 11 is 1.53. The number of anilines is 1. The minimum Gasteiger partial charge on any atom is -0.497 e. The van der Waals surface area contributed by atoms with Gasteiger partial charge in [0.1, 0.15) is 11.5 Å². The average Bonchev–Trinajstić information content (AvgIpc) is 3.37. The van der Waals surface area contributed by atoms with Gasteiger partial charge in [0.15, 0.2) is 6.61 Å². The number of carbonyl (C=O) groups excluding carboxylic acids is 2. The molecule has 0 radical (unpaired) electrons. The van der Waals surface area contributed by atoms with E-state index in [4.69, 9.17) is 14.2 Å². The molecule has 0 atom stereocenters. The van der Waals surface area contributed by atoms with Crippen LogP contribution >= 0.6 is 11.3 Å². The molecule has 8 heteroatoms. The van der Waals surface area contributed by atoms with E-state index in [2.05, 4.69) is 10.3 Å². The van der Waals surface area contributed by atoms with E-state index in [0.29, 0.717) is 39.3 Å². The number of benzene rings is 2. The molecule has 1 N–H and O–H groups in total. The van der Waals surface area contributed by atoms with Crippen LogP contribution in [-0.2, 0) is 9.53 Å². The van der Waals surface area contributed by atoms with Crippen LogP contribution in [0.25, 0.3) is 21.5 Å². The number of amides is 1. The van der Waals surface area contributed by atoms with Gasteiger partial charge < -0.3 is 19.5 Å². The van der Waals surface area contributed by atoms with Crippen LogP contribution in [0.15, 0.2) is 66.0 Å². The predicted octanol–water partition coefficient (Wildman–Crippen LogP) is 4.78. The number of hydrogen-bond donors (Lipinski definition) is 1. The van der Waals surface area contributed by atoms with Gasteiger partial charge in [-0.15, -0.1) is 11.3 Å². The first-order valence-electron chi connectivity index (χ1n) is 9.71. The van der Waals surface area contributed by atoms with Gasteiger partial charge in [-0.25, -0.2) is 9.78 Å². The lowest BCUT2D eigenvalue weighted by Gasteiger charge is -2.12. The standard InChI is InChI=1S/C24H20N2O5S/c1-29-15-9-10-19(21(12-15)30-2)26-23(27)14-31-24(28)17-13-20(22-8-5-11-32-22)25-18-7-4-3-6-16(17)18/h3-13H,14H2,1-2H3,(H,26,27). The minimum atomic E-state index is -0.599. The lowest BCUT2D eigenvalue weighted by molar-refractivity contribution is -0.119. The zero-order chi connectivity index (χ0) is 22.5. The van der Waals surface area contributed by atoms with Gasteiger partial charge in [-0.3, -0.25) is 4.79 Å². The van der Waals surface area contributed by atoms with Gasteiger partial charge in [0.05, 0.1) is 41.6 Å². The number of methoxy groups -OCH3 is 2. The Bertz CT molecular complexity index is 1270. The van der Waals surface area contributed by atoms with Crippen LogP contribution in [0, 0.1) is 0 Å². The van der Waals surface area contributed by atoms with E-state index in [0.717, 1.165) is 4.88 Å². The second kappa shape index (κ2) is 9.49. The van der Waals surface area contributed by atoms with E-state index in [-0.39, 0.29) is 0 Å². The Morgan fingerprint density at radius 3 is 2.59 bits per heavy atom. The average molecular weight is 449 g/mol.